The molecule has 0 radical (unpaired) electrons. The van der Waals surface area contributed by atoms with E-state index in [9.17, 15) is 5.11 Å². The number of aliphatic hydroxyl groups is 1. The fourth-order valence-electron chi connectivity index (χ4n) is 2.63. The Morgan fingerprint density at radius 1 is 1.47 bits per heavy atom. The maximum absolute atomic E-state index is 10.4. The lowest BCUT2D eigenvalue weighted by atomic mass is 9.95. The Bertz CT molecular complexity index is 500. The lowest BCUT2D eigenvalue weighted by Gasteiger charge is -2.35. The first-order chi connectivity index (χ1) is 9.03. The number of rotatable bonds is 4. The predicted octanol–water partition coefficient (Wildman–Crippen LogP) is 2.11. The van der Waals surface area contributed by atoms with Crippen LogP contribution >= 0.6 is 11.3 Å². The summed E-state index contributed by atoms with van der Waals surface area (Å²) >= 11 is 1.52. The summed E-state index contributed by atoms with van der Waals surface area (Å²) in [6, 6.07) is 2.21. The molecule has 0 saturated heterocycles. The molecule has 0 aromatic carbocycles. The molecule has 1 aliphatic rings. The molecule has 2 heterocycles. The van der Waals surface area contributed by atoms with Gasteiger partial charge in [0.1, 0.15) is 11.1 Å². The smallest absolute Gasteiger partial charge is 0.104 e. The third-order valence-electron chi connectivity index (χ3n) is 4.11. The molecule has 1 aliphatic heterocycles. The third kappa shape index (κ3) is 2.76. The lowest BCUT2D eigenvalue weighted by Crippen LogP contribution is -2.44. The summed E-state index contributed by atoms with van der Waals surface area (Å²) in [5, 5.41) is 20.2. The van der Waals surface area contributed by atoms with Crippen LogP contribution in [0.15, 0.2) is 0 Å². The Hall–Kier alpha value is -1.09. The van der Waals surface area contributed by atoms with E-state index in [4.69, 9.17) is 11.0 Å². The van der Waals surface area contributed by atoms with Crippen molar-refractivity contribution in [2.75, 3.05) is 18.8 Å². The standard InChI is InChI=1S/C14H21N3OS/c1-3-14(18,4-2)9-17-6-5-10-11(7-15)13(16)19-12(10)8-17/h18H,3-6,8-9,16H2,1-2H3. The molecule has 104 valence electrons. The molecule has 2 rings (SSSR count). The molecule has 0 atom stereocenters. The van der Waals surface area contributed by atoms with Gasteiger partial charge >= 0.3 is 0 Å². The second-order valence-corrected chi connectivity index (χ2v) is 6.38. The number of hydrogen-bond donors (Lipinski definition) is 2. The Labute approximate surface area is 118 Å². The zero-order valence-electron chi connectivity index (χ0n) is 11.6. The van der Waals surface area contributed by atoms with E-state index in [-0.39, 0.29) is 0 Å². The molecule has 4 nitrogen and oxygen atoms in total. The monoisotopic (exact) mass is 279 g/mol. The molecule has 0 fully saturated rings. The normalized spacial score (nSPS) is 16.1. The summed E-state index contributed by atoms with van der Waals surface area (Å²) in [5.41, 5.74) is 7.08. The van der Waals surface area contributed by atoms with Gasteiger partial charge in [0.15, 0.2) is 0 Å². The van der Waals surface area contributed by atoms with Crippen molar-refractivity contribution in [2.24, 2.45) is 0 Å². The first-order valence-electron chi connectivity index (χ1n) is 6.77. The second-order valence-electron chi connectivity index (χ2n) is 5.25. The maximum atomic E-state index is 10.4. The molecule has 1 aromatic heterocycles. The highest BCUT2D eigenvalue weighted by Crippen LogP contribution is 2.35. The molecule has 5 heteroatoms. The molecule has 3 N–H and O–H groups in total. The van der Waals surface area contributed by atoms with Gasteiger partial charge in [0.25, 0.3) is 0 Å². The van der Waals surface area contributed by atoms with Crippen molar-refractivity contribution in [3.05, 3.63) is 16.0 Å². The van der Waals surface area contributed by atoms with E-state index in [0.29, 0.717) is 17.1 Å². The molecule has 0 spiro atoms. The topological polar surface area (TPSA) is 73.3 Å². The summed E-state index contributed by atoms with van der Waals surface area (Å²) in [4.78, 5) is 3.46. The van der Waals surface area contributed by atoms with Crippen LogP contribution in [0.4, 0.5) is 5.00 Å². The highest BCUT2D eigenvalue weighted by Gasteiger charge is 2.29. The number of β-amino-alcohol motifs (C(OH)–C–C–N with tert-alkyl or cyclic N) is 1. The number of nitrogens with zero attached hydrogens (tertiary/aromatic N) is 2. The van der Waals surface area contributed by atoms with E-state index < -0.39 is 5.60 Å². The Morgan fingerprint density at radius 2 is 2.16 bits per heavy atom. The maximum Gasteiger partial charge on any atom is 0.104 e. The van der Waals surface area contributed by atoms with Crippen molar-refractivity contribution < 1.29 is 5.11 Å². The Morgan fingerprint density at radius 3 is 2.74 bits per heavy atom. The van der Waals surface area contributed by atoms with Crippen LogP contribution in [0.5, 0.6) is 0 Å². The van der Waals surface area contributed by atoms with Crippen molar-refractivity contribution in [2.45, 2.75) is 45.3 Å². The summed E-state index contributed by atoms with van der Waals surface area (Å²) in [6.07, 6.45) is 2.39. The third-order valence-corrected chi connectivity index (χ3v) is 5.16. The predicted molar refractivity (Wildman–Crippen MR) is 78.0 cm³/mol. The number of nitrogens with two attached hydrogens (primary N) is 1. The molecule has 1 aromatic rings. The van der Waals surface area contributed by atoms with Crippen LogP contribution in [0.1, 0.15) is 42.7 Å². The van der Waals surface area contributed by atoms with Gasteiger partial charge in [-0.2, -0.15) is 5.26 Å². The van der Waals surface area contributed by atoms with Crippen LogP contribution in [0, 0.1) is 11.3 Å². The van der Waals surface area contributed by atoms with Crippen molar-refractivity contribution in [3.8, 4) is 6.07 Å². The minimum absolute atomic E-state index is 0.599. The van der Waals surface area contributed by atoms with Gasteiger partial charge in [0.2, 0.25) is 0 Å². The highest BCUT2D eigenvalue weighted by molar-refractivity contribution is 7.16. The van der Waals surface area contributed by atoms with Gasteiger partial charge in [-0.1, -0.05) is 13.8 Å². The van der Waals surface area contributed by atoms with Crippen LogP contribution in [0.3, 0.4) is 0 Å². The largest absolute Gasteiger partial charge is 0.389 e. The van der Waals surface area contributed by atoms with Crippen LogP contribution in [0.25, 0.3) is 0 Å². The number of nitrogen functional groups attached to an aromatic ring is 1. The highest BCUT2D eigenvalue weighted by atomic mass is 32.1. The van der Waals surface area contributed by atoms with Crippen molar-refractivity contribution >= 4 is 16.3 Å². The summed E-state index contributed by atoms with van der Waals surface area (Å²) < 4.78 is 0. The molecule has 0 amide bonds. The summed E-state index contributed by atoms with van der Waals surface area (Å²) in [6.45, 7) is 6.43. The van der Waals surface area contributed by atoms with E-state index in [1.165, 1.54) is 16.2 Å². The van der Waals surface area contributed by atoms with E-state index in [1.807, 2.05) is 13.8 Å². The van der Waals surface area contributed by atoms with E-state index in [0.717, 1.165) is 37.9 Å². The molecular formula is C14H21N3OS. The van der Waals surface area contributed by atoms with Crippen molar-refractivity contribution in [1.29, 1.82) is 5.26 Å². The molecular weight excluding hydrogens is 258 g/mol. The van der Waals surface area contributed by atoms with E-state index in [1.54, 1.807) is 0 Å². The van der Waals surface area contributed by atoms with Crippen LogP contribution < -0.4 is 5.73 Å². The van der Waals surface area contributed by atoms with Crippen LogP contribution in [0.2, 0.25) is 0 Å². The quantitative estimate of drug-likeness (QED) is 0.885. The zero-order valence-corrected chi connectivity index (χ0v) is 12.4. The fraction of sp³-hybridized carbons (Fsp3) is 0.643. The number of nitriles is 1. The Kier molecular flexibility index (Phi) is 4.14. The average molecular weight is 279 g/mol. The van der Waals surface area contributed by atoms with Crippen LogP contribution in [-0.4, -0.2) is 28.7 Å². The number of thiophene rings is 1. The van der Waals surface area contributed by atoms with Gasteiger partial charge in [-0.15, -0.1) is 11.3 Å². The molecule has 0 saturated carbocycles. The minimum atomic E-state index is -0.599. The van der Waals surface area contributed by atoms with Crippen molar-refractivity contribution in [1.82, 2.24) is 4.90 Å². The number of fused-ring (bicyclic) bond motifs is 1. The van der Waals surface area contributed by atoms with Gasteiger partial charge in [-0.3, -0.25) is 4.90 Å². The van der Waals surface area contributed by atoms with Crippen LogP contribution in [-0.2, 0) is 13.0 Å². The van der Waals surface area contributed by atoms with Gasteiger partial charge in [0.05, 0.1) is 11.2 Å². The first-order valence-corrected chi connectivity index (χ1v) is 7.59. The molecule has 0 bridgehead atoms. The summed E-state index contributed by atoms with van der Waals surface area (Å²) in [5.74, 6) is 0. The van der Waals surface area contributed by atoms with Gasteiger partial charge in [-0.05, 0) is 24.8 Å². The number of anilines is 1. The first kappa shape index (κ1) is 14.3. The van der Waals surface area contributed by atoms with E-state index >= 15 is 0 Å². The second kappa shape index (κ2) is 5.49. The zero-order chi connectivity index (χ0) is 14.0. The molecule has 0 aliphatic carbocycles. The SMILES string of the molecule is CCC(O)(CC)CN1CCc2c(sc(N)c2C#N)C1. The van der Waals surface area contributed by atoms with E-state index in [2.05, 4.69) is 11.0 Å². The lowest BCUT2D eigenvalue weighted by molar-refractivity contribution is -0.00653. The minimum Gasteiger partial charge on any atom is -0.389 e. The van der Waals surface area contributed by atoms with Gasteiger partial charge in [0, 0.05) is 24.5 Å². The fourth-order valence-corrected chi connectivity index (χ4v) is 3.74. The molecule has 0 unspecified atom stereocenters. The average Bonchev–Trinajstić information content (AvgIpc) is 2.73. The summed E-state index contributed by atoms with van der Waals surface area (Å²) in [7, 11) is 0. The van der Waals surface area contributed by atoms with Gasteiger partial charge < -0.3 is 10.8 Å². The van der Waals surface area contributed by atoms with Crippen molar-refractivity contribution in [3.63, 3.8) is 0 Å². The number of hydrogen-bond acceptors (Lipinski definition) is 5. The Balaban J connectivity index is 2.13. The van der Waals surface area contributed by atoms with Gasteiger partial charge in [-0.25, -0.2) is 0 Å². The molecule has 19 heavy (non-hydrogen) atoms.